The van der Waals surface area contributed by atoms with Gasteiger partial charge in [-0.25, -0.2) is 0 Å². The number of aromatic nitrogens is 2. The van der Waals surface area contributed by atoms with E-state index in [-0.39, 0.29) is 11.5 Å². The second-order valence-electron chi connectivity index (χ2n) is 7.71. The lowest BCUT2D eigenvalue weighted by Gasteiger charge is -2.35. The first kappa shape index (κ1) is 19.3. The summed E-state index contributed by atoms with van der Waals surface area (Å²) in [7, 11) is 1.93. The van der Waals surface area contributed by atoms with Crippen LogP contribution in [0, 0.1) is 0 Å². The fraction of sp³-hybridized carbons (Fsp3) is 0.524. The van der Waals surface area contributed by atoms with Gasteiger partial charge in [-0.1, -0.05) is 23.7 Å². The largest absolute Gasteiger partial charge is 0.370 e. The number of rotatable bonds is 5. The first-order valence-corrected chi connectivity index (χ1v) is 10.4. The van der Waals surface area contributed by atoms with Crippen LogP contribution in [0.4, 0.5) is 0 Å². The maximum Gasteiger partial charge on any atom is 0.194 e. The van der Waals surface area contributed by atoms with E-state index in [2.05, 4.69) is 34.4 Å². The number of morpholine rings is 1. The molecule has 0 bridgehead atoms. The molecule has 2 heterocycles. The highest BCUT2D eigenvalue weighted by Crippen LogP contribution is 2.48. The van der Waals surface area contributed by atoms with Gasteiger partial charge in [-0.15, -0.1) is 0 Å². The Labute approximate surface area is 171 Å². The molecule has 0 amide bonds. The van der Waals surface area contributed by atoms with Gasteiger partial charge in [-0.05, 0) is 37.5 Å². The van der Waals surface area contributed by atoms with E-state index in [1.54, 1.807) is 0 Å². The molecule has 1 saturated carbocycles. The fourth-order valence-electron chi connectivity index (χ4n) is 3.79. The topological polar surface area (TPSA) is 54.7 Å². The van der Waals surface area contributed by atoms with Crippen molar-refractivity contribution in [2.75, 3.05) is 32.8 Å². The van der Waals surface area contributed by atoms with E-state index in [0.29, 0.717) is 6.61 Å². The van der Waals surface area contributed by atoms with E-state index >= 15 is 0 Å². The quantitative estimate of drug-likeness (QED) is 0.617. The first-order valence-electron chi connectivity index (χ1n) is 9.99. The number of aryl methyl sites for hydroxylation is 1. The lowest BCUT2D eigenvalue weighted by Crippen LogP contribution is -2.48. The van der Waals surface area contributed by atoms with Crippen LogP contribution in [0.2, 0.25) is 5.02 Å². The van der Waals surface area contributed by atoms with Gasteiger partial charge in [0.05, 0.1) is 25.9 Å². The van der Waals surface area contributed by atoms with Gasteiger partial charge in [-0.2, -0.15) is 5.10 Å². The van der Waals surface area contributed by atoms with E-state index in [9.17, 15) is 0 Å². The zero-order chi connectivity index (χ0) is 19.6. The van der Waals surface area contributed by atoms with Gasteiger partial charge in [0, 0.05) is 42.3 Å². The summed E-state index contributed by atoms with van der Waals surface area (Å²) in [6.07, 6.45) is 6.30. The molecule has 150 valence electrons. The predicted molar refractivity (Wildman–Crippen MR) is 112 cm³/mol. The molecule has 1 atom stereocenters. The molecule has 2 aromatic rings. The van der Waals surface area contributed by atoms with Crippen LogP contribution in [-0.2, 0) is 17.2 Å². The maximum absolute atomic E-state index is 6.06. The molecular formula is C21H28ClN5O. The van der Waals surface area contributed by atoms with Crippen molar-refractivity contribution in [1.29, 1.82) is 0 Å². The molecule has 0 spiro atoms. The van der Waals surface area contributed by atoms with Crippen molar-refractivity contribution in [3.8, 4) is 0 Å². The number of aliphatic imine (C=N–C) groups is 1. The van der Waals surface area contributed by atoms with E-state index in [1.807, 2.05) is 36.3 Å². The summed E-state index contributed by atoms with van der Waals surface area (Å²) in [6.45, 7) is 6.07. The summed E-state index contributed by atoms with van der Waals surface area (Å²) in [4.78, 5) is 7.33. The number of guanidine groups is 1. The minimum atomic E-state index is 0.0254. The third-order valence-corrected chi connectivity index (χ3v) is 5.89. The Hall–Kier alpha value is -2.05. The lowest BCUT2D eigenvalue weighted by molar-refractivity contribution is -0.00805. The molecule has 6 nitrogen and oxygen atoms in total. The number of halogens is 1. The van der Waals surface area contributed by atoms with E-state index in [1.165, 1.54) is 18.4 Å². The first-order chi connectivity index (χ1) is 13.6. The molecule has 1 aliphatic heterocycles. The van der Waals surface area contributed by atoms with E-state index < -0.39 is 0 Å². The highest BCUT2D eigenvalue weighted by Gasteiger charge is 2.44. The Morgan fingerprint density at radius 2 is 2.14 bits per heavy atom. The summed E-state index contributed by atoms with van der Waals surface area (Å²) in [5, 5.41) is 8.53. The summed E-state index contributed by atoms with van der Waals surface area (Å²) in [5.74, 6) is 0.972. The smallest absolute Gasteiger partial charge is 0.194 e. The third-order valence-electron chi connectivity index (χ3n) is 5.64. The van der Waals surface area contributed by atoms with Crippen molar-refractivity contribution in [3.63, 3.8) is 0 Å². The molecule has 1 saturated heterocycles. The summed E-state index contributed by atoms with van der Waals surface area (Å²) in [5.41, 5.74) is 2.62. The van der Waals surface area contributed by atoms with Crippen LogP contribution in [-0.4, -0.2) is 53.4 Å². The number of nitrogens with zero attached hydrogens (tertiary/aromatic N) is 4. The standard InChI is InChI=1S/C21H28ClN5O/c1-3-23-20(24-15-21(8-9-21)17-4-6-18(22)7-5-17)27-10-11-28-19(14-27)16-12-25-26(2)13-16/h4-7,12-13,19H,3,8-11,14-15H2,1-2H3,(H,23,24). The van der Waals surface area contributed by atoms with Gasteiger partial charge in [0.25, 0.3) is 0 Å². The summed E-state index contributed by atoms with van der Waals surface area (Å²) >= 11 is 6.06. The molecule has 1 N–H and O–H groups in total. The SMILES string of the molecule is CCNC(=NCC1(c2ccc(Cl)cc2)CC1)N1CCOC(c2cnn(C)c2)C1. The molecule has 1 aromatic carbocycles. The zero-order valence-electron chi connectivity index (χ0n) is 16.6. The normalized spacial score (nSPS) is 21.6. The molecule has 2 fully saturated rings. The van der Waals surface area contributed by atoms with E-state index in [0.717, 1.165) is 42.7 Å². The van der Waals surface area contributed by atoms with Gasteiger partial charge in [0.2, 0.25) is 0 Å². The fourth-order valence-corrected chi connectivity index (χ4v) is 3.92. The molecule has 1 unspecified atom stereocenters. The van der Waals surface area contributed by atoms with Gasteiger partial charge in [-0.3, -0.25) is 9.67 Å². The van der Waals surface area contributed by atoms with Crippen LogP contribution < -0.4 is 5.32 Å². The van der Waals surface area contributed by atoms with Gasteiger partial charge >= 0.3 is 0 Å². The minimum absolute atomic E-state index is 0.0254. The van der Waals surface area contributed by atoms with Crippen molar-refractivity contribution in [1.82, 2.24) is 20.0 Å². The van der Waals surface area contributed by atoms with Crippen molar-refractivity contribution in [2.45, 2.75) is 31.3 Å². The van der Waals surface area contributed by atoms with Crippen LogP contribution in [0.15, 0.2) is 41.7 Å². The Kier molecular flexibility index (Phi) is 5.60. The third kappa shape index (κ3) is 4.18. The molecule has 7 heteroatoms. The van der Waals surface area contributed by atoms with Crippen LogP contribution >= 0.6 is 11.6 Å². The van der Waals surface area contributed by atoms with Crippen molar-refractivity contribution >= 4 is 17.6 Å². The minimum Gasteiger partial charge on any atom is -0.370 e. The number of hydrogen-bond donors (Lipinski definition) is 1. The van der Waals surface area contributed by atoms with Crippen molar-refractivity contribution in [3.05, 3.63) is 52.8 Å². The lowest BCUT2D eigenvalue weighted by atomic mass is 9.96. The molecule has 1 aromatic heterocycles. The van der Waals surface area contributed by atoms with Gasteiger partial charge in [0.15, 0.2) is 5.96 Å². The average molecular weight is 402 g/mol. The second-order valence-corrected chi connectivity index (χ2v) is 8.15. The molecular weight excluding hydrogens is 374 g/mol. The van der Waals surface area contributed by atoms with Crippen LogP contribution in [0.1, 0.15) is 37.0 Å². The van der Waals surface area contributed by atoms with Crippen LogP contribution in [0.3, 0.4) is 0 Å². The predicted octanol–water partition coefficient (Wildman–Crippen LogP) is 3.14. The van der Waals surface area contributed by atoms with Crippen molar-refractivity contribution < 1.29 is 4.74 Å². The number of nitrogens with one attached hydrogen (secondary N) is 1. The monoisotopic (exact) mass is 401 g/mol. The molecule has 2 aliphatic rings. The highest BCUT2D eigenvalue weighted by molar-refractivity contribution is 6.30. The number of benzene rings is 1. The number of ether oxygens (including phenoxy) is 1. The Morgan fingerprint density at radius 3 is 2.79 bits per heavy atom. The zero-order valence-corrected chi connectivity index (χ0v) is 17.3. The summed E-state index contributed by atoms with van der Waals surface area (Å²) in [6, 6.07) is 8.24. The molecule has 4 rings (SSSR count). The molecule has 0 radical (unpaired) electrons. The Balaban J connectivity index is 1.48. The Morgan fingerprint density at radius 1 is 1.36 bits per heavy atom. The van der Waals surface area contributed by atoms with Gasteiger partial charge < -0.3 is 15.0 Å². The Bertz CT molecular complexity index is 828. The molecule has 28 heavy (non-hydrogen) atoms. The van der Waals surface area contributed by atoms with E-state index in [4.69, 9.17) is 21.3 Å². The second kappa shape index (κ2) is 8.13. The van der Waals surface area contributed by atoms with Gasteiger partial charge in [0.1, 0.15) is 6.10 Å². The number of hydrogen-bond acceptors (Lipinski definition) is 3. The van der Waals surface area contributed by atoms with Crippen LogP contribution in [0.5, 0.6) is 0 Å². The van der Waals surface area contributed by atoms with Crippen LogP contribution in [0.25, 0.3) is 0 Å². The average Bonchev–Trinajstić information content (AvgIpc) is 3.38. The maximum atomic E-state index is 6.06. The molecule has 1 aliphatic carbocycles. The summed E-state index contributed by atoms with van der Waals surface area (Å²) < 4.78 is 7.80. The highest BCUT2D eigenvalue weighted by atomic mass is 35.5. The van der Waals surface area contributed by atoms with Crippen molar-refractivity contribution in [2.24, 2.45) is 12.0 Å².